The van der Waals surface area contributed by atoms with Gasteiger partial charge in [0, 0.05) is 12.2 Å². The van der Waals surface area contributed by atoms with Gasteiger partial charge < -0.3 is 11.1 Å². The van der Waals surface area contributed by atoms with E-state index in [0.29, 0.717) is 5.69 Å². The molecule has 0 spiro atoms. The molecule has 5 heteroatoms. The number of pyridine rings is 1. The SMILES string of the molecule is Cc1cc(N)cnc1NCCCc1cn[nH]c1C. The molecule has 2 aromatic heterocycles. The lowest BCUT2D eigenvalue weighted by molar-refractivity contribution is 0.852. The lowest BCUT2D eigenvalue weighted by Crippen LogP contribution is -2.06. The van der Waals surface area contributed by atoms with E-state index in [1.165, 1.54) is 5.56 Å². The van der Waals surface area contributed by atoms with Crippen LogP contribution in [0, 0.1) is 13.8 Å². The van der Waals surface area contributed by atoms with Crippen LogP contribution in [-0.4, -0.2) is 21.7 Å². The Kier molecular flexibility index (Phi) is 3.82. The zero-order valence-electron chi connectivity index (χ0n) is 10.8. The molecule has 0 unspecified atom stereocenters. The molecule has 0 atom stereocenters. The molecule has 0 saturated heterocycles. The van der Waals surface area contributed by atoms with Crippen LogP contribution in [0.4, 0.5) is 11.5 Å². The van der Waals surface area contributed by atoms with E-state index in [4.69, 9.17) is 5.73 Å². The average molecular weight is 245 g/mol. The van der Waals surface area contributed by atoms with E-state index < -0.39 is 0 Å². The first-order valence-corrected chi connectivity index (χ1v) is 6.11. The normalized spacial score (nSPS) is 10.6. The summed E-state index contributed by atoms with van der Waals surface area (Å²) in [5.74, 6) is 0.910. The van der Waals surface area contributed by atoms with Gasteiger partial charge in [0.25, 0.3) is 0 Å². The molecule has 0 radical (unpaired) electrons. The Morgan fingerprint density at radius 2 is 2.17 bits per heavy atom. The van der Waals surface area contributed by atoms with Crippen molar-refractivity contribution in [3.63, 3.8) is 0 Å². The summed E-state index contributed by atoms with van der Waals surface area (Å²) >= 11 is 0. The Bertz CT molecular complexity index is 518. The van der Waals surface area contributed by atoms with Crippen molar-refractivity contribution in [2.45, 2.75) is 26.7 Å². The summed E-state index contributed by atoms with van der Waals surface area (Å²) in [6, 6.07) is 1.93. The number of aromatic nitrogens is 3. The van der Waals surface area contributed by atoms with Crippen LogP contribution in [-0.2, 0) is 6.42 Å². The highest BCUT2D eigenvalue weighted by molar-refractivity contribution is 5.50. The number of nitrogens with zero attached hydrogens (tertiary/aromatic N) is 2. The number of hydrogen-bond donors (Lipinski definition) is 3. The van der Waals surface area contributed by atoms with Gasteiger partial charge in [-0.25, -0.2) is 4.98 Å². The fourth-order valence-corrected chi connectivity index (χ4v) is 1.89. The molecule has 0 aliphatic heterocycles. The predicted molar refractivity (Wildman–Crippen MR) is 73.5 cm³/mol. The van der Waals surface area contributed by atoms with Crippen LogP contribution in [0.25, 0.3) is 0 Å². The van der Waals surface area contributed by atoms with Gasteiger partial charge in [0.15, 0.2) is 0 Å². The molecule has 0 aliphatic carbocycles. The number of H-pyrrole nitrogens is 1. The molecule has 0 saturated carbocycles. The minimum Gasteiger partial charge on any atom is -0.397 e. The third-order valence-corrected chi connectivity index (χ3v) is 2.95. The summed E-state index contributed by atoms with van der Waals surface area (Å²) in [4.78, 5) is 4.28. The van der Waals surface area contributed by atoms with Gasteiger partial charge in [-0.15, -0.1) is 0 Å². The molecule has 96 valence electrons. The van der Waals surface area contributed by atoms with E-state index in [-0.39, 0.29) is 0 Å². The number of nitrogens with one attached hydrogen (secondary N) is 2. The smallest absolute Gasteiger partial charge is 0.128 e. The Morgan fingerprint density at radius 1 is 1.33 bits per heavy atom. The van der Waals surface area contributed by atoms with Crippen LogP contribution in [0.1, 0.15) is 23.2 Å². The number of hydrogen-bond acceptors (Lipinski definition) is 4. The van der Waals surface area contributed by atoms with E-state index >= 15 is 0 Å². The van der Waals surface area contributed by atoms with Gasteiger partial charge >= 0.3 is 0 Å². The molecule has 2 rings (SSSR count). The predicted octanol–water partition coefficient (Wildman–Crippen LogP) is 2.05. The summed E-state index contributed by atoms with van der Waals surface area (Å²) in [5.41, 5.74) is 9.87. The zero-order valence-corrected chi connectivity index (χ0v) is 10.8. The van der Waals surface area contributed by atoms with Gasteiger partial charge in [0.2, 0.25) is 0 Å². The minimum atomic E-state index is 0.701. The standard InChI is InChI=1S/C13H19N5/c1-9-6-12(14)8-16-13(9)15-5-3-4-11-7-17-18-10(11)2/h6-8H,3-5,14H2,1-2H3,(H,15,16)(H,17,18). The maximum Gasteiger partial charge on any atom is 0.128 e. The van der Waals surface area contributed by atoms with Crippen LogP contribution in [0.15, 0.2) is 18.5 Å². The van der Waals surface area contributed by atoms with Crippen molar-refractivity contribution in [1.29, 1.82) is 0 Å². The first-order chi connectivity index (χ1) is 8.66. The third kappa shape index (κ3) is 3.00. The van der Waals surface area contributed by atoms with Crippen molar-refractivity contribution in [3.8, 4) is 0 Å². The van der Waals surface area contributed by atoms with Crippen LogP contribution in [0.2, 0.25) is 0 Å². The summed E-state index contributed by atoms with van der Waals surface area (Å²) in [7, 11) is 0. The van der Waals surface area contributed by atoms with Gasteiger partial charge in [-0.05, 0) is 43.9 Å². The zero-order chi connectivity index (χ0) is 13.0. The highest BCUT2D eigenvalue weighted by Gasteiger charge is 2.02. The molecule has 0 amide bonds. The molecule has 5 nitrogen and oxygen atoms in total. The minimum absolute atomic E-state index is 0.701. The number of rotatable bonds is 5. The fraction of sp³-hybridized carbons (Fsp3) is 0.385. The van der Waals surface area contributed by atoms with Crippen LogP contribution in [0.3, 0.4) is 0 Å². The molecule has 0 fully saturated rings. The second-order valence-electron chi connectivity index (χ2n) is 4.48. The van der Waals surface area contributed by atoms with Gasteiger partial charge in [-0.3, -0.25) is 5.10 Å². The van der Waals surface area contributed by atoms with E-state index in [2.05, 4.69) is 20.5 Å². The number of aromatic amines is 1. The van der Waals surface area contributed by atoms with Crippen molar-refractivity contribution in [3.05, 3.63) is 35.3 Å². The van der Waals surface area contributed by atoms with Crippen molar-refractivity contribution >= 4 is 11.5 Å². The van der Waals surface area contributed by atoms with Gasteiger partial charge in [-0.1, -0.05) is 0 Å². The molecule has 2 heterocycles. The maximum atomic E-state index is 5.66. The monoisotopic (exact) mass is 245 g/mol. The molecule has 4 N–H and O–H groups in total. The average Bonchev–Trinajstić information content (AvgIpc) is 2.73. The number of aryl methyl sites for hydroxylation is 3. The maximum absolute atomic E-state index is 5.66. The van der Waals surface area contributed by atoms with E-state index in [1.807, 2.05) is 26.1 Å². The van der Waals surface area contributed by atoms with Crippen molar-refractivity contribution < 1.29 is 0 Å². The van der Waals surface area contributed by atoms with E-state index in [9.17, 15) is 0 Å². The number of nitrogen functional groups attached to an aromatic ring is 1. The first-order valence-electron chi connectivity index (χ1n) is 6.11. The largest absolute Gasteiger partial charge is 0.397 e. The Hall–Kier alpha value is -2.04. The van der Waals surface area contributed by atoms with E-state index in [1.54, 1.807) is 6.20 Å². The van der Waals surface area contributed by atoms with Crippen molar-refractivity contribution in [2.75, 3.05) is 17.6 Å². The highest BCUT2D eigenvalue weighted by Crippen LogP contribution is 2.14. The van der Waals surface area contributed by atoms with Crippen LogP contribution < -0.4 is 11.1 Å². The van der Waals surface area contributed by atoms with Crippen molar-refractivity contribution in [1.82, 2.24) is 15.2 Å². The highest BCUT2D eigenvalue weighted by atomic mass is 15.1. The van der Waals surface area contributed by atoms with Gasteiger partial charge in [0.1, 0.15) is 5.82 Å². The third-order valence-electron chi connectivity index (χ3n) is 2.95. The second kappa shape index (κ2) is 5.53. The summed E-state index contributed by atoms with van der Waals surface area (Å²) < 4.78 is 0. The quantitative estimate of drug-likeness (QED) is 0.704. The number of nitrogens with two attached hydrogens (primary N) is 1. The summed E-state index contributed by atoms with van der Waals surface area (Å²) in [6.07, 6.45) is 5.63. The fourth-order valence-electron chi connectivity index (χ4n) is 1.89. The van der Waals surface area contributed by atoms with Crippen molar-refractivity contribution in [2.24, 2.45) is 0 Å². The van der Waals surface area contributed by atoms with Crippen LogP contribution >= 0.6 is 0 Å². The second-order valence-corrected chi connectivity index (χ2v) is 4.48. The molecule has 18 heavy (non-hydrogen) atoms. The lowest BCUT2D eigenvalue weighted by atomic mass is 10.1. The molecular weight excluding hydrogens is 226 g/mol. The van der Waals surface area contributed by atoms with Gasteiger partial charge in [0.05, 0.1) is 18.1 Å². The molecule has 0 aromatic carbocycles. The van der Waals surface area contributed by atoms with E-state index in [0.717, 1.165) is 36.5 Å². The molecule has 2 aromatic rings. The number of anilines is 2. The first kappa shape index (κ1) is 12.4. The lowest BCUT2D eigenvalue weighted by Gasteiger charge is -2.08. The molecular formula is C13H19N5. The van der Waals surface area contributed by atoms with Gasteiger partial charge in [-0.2, -0.15) is 5.10 Å². The Morgan fingerprint density at radius 3 is 2.83 bits per heavy atom. The Balaban J connectivity index is 1.80. The summed E-state index contributed by atoms with van der Waals surface area (Å²) in [5, 5.41) is 10.3. The van der Waals surface area contributed by atoms with Crippen LogP contribution in [0.5, 0.6) is 0 Å². The topological polar surface area (TPSA) is 79.6 Å². The molecule has 0 aliphatic rings. The Labute approximate surface area is 107 Å². The molecule has 0 bridgehead atoms. The summed E-state index contributed by atoms with van der Waals surface area (Å²) in [6.45, 7) is 4.94.